The van der Waals surface area contributed by atoms with Gasteiger partial charge in [-0.1, -0.05) is 72.3 Å². The van der Waals surface area contributed by atoms with Crippen LogP contribution in [0.5, 0.6) is 0 Å². The summed E-state index contributed by atoms with van der Waals surface area (Å²) in [6, 6.07) is 20.0. The van der Waals surface area contributed by atoms with Crippen LogP contribution >= 0.6 is 11.6 Å². The molecular weight excluding hydrogens is 334 g/mol. The Bertz CT molecular complexity index is 969. The lowest BCUT2D eigenvalue weighted by Crippen LogP contribution is -2.07. The molecule has 0 amide bonds. The van der Waals surface area contributed by atoms with Gasteiger partial charge in [-0.2, -0.15) is 5.10 Å². The minimum absolute atomic E-state index is 0.421. The van der Waals surface area contributed by atoms with Crippen LogP contribution in [0.2, 0.25) is 0 Å². The molecule has 0 aliphatic rings. The van der Waals surface area contributed by atoms with E-state index in [-0.39, 0.29) is 0 Å². The van der Waals surface area contributed by atoms with E-state index < -0.39 is 5.50 Å². The van der Waals surface area contributed by atoms with Crippen LogP contribution in [0.1, 0.15) is 16.6 Å². The van der Waals surface area contributed by atoms with Crippen molar-refractivity contribution < 1.29 is 0 Å². The summed E-state index contributed by atoms with van der Waals surface area (Å²) in [5, 5.41) is 8.63. The first-order chi connectivity index (χ1) is 12.3. The average molecular weight is 350 g/mol. The zero-order valence-electron chi connectivity index (χ0n) is 13.4. The molecule has 0 saturated heterocycles. The molecule has 0 spiro atoms. The molecule has 1 N–H and O–H groups in total. The second-order valence-electron chi connectivity index (χ2n) is 5.63. The molecule has 1 unspecified atom stereocenters. The Hall–Kier alpha value is -2.92. The first-order valence-electron chi connectivity index (χ1n) is 7.98. The maximum atomic E-state index is 6.60. The average Bonchev–Trinajstić information content (AvgIpc) is 3.12. The Balaban J connectivity index is 1.64. The van der Waals surface area contributed by atoms with E-state index >= 15 is 0 Å². The van der Waals surface area contributed by atoms with Crippen molar-refractivity contribution in [3.8, 4) is 0 Å². The van der Waals surface area contributed by atoms with Gasteiger partial charge in [0.25, 0.3) is 0 Å². The molecule has 1 atom stereocenters. The predicted octanol–water partition coefficient (Wildman–Crippen LogP) is 4.22. The summed E-state index contributed by atoms with van der Waals surface area (Å²) in [4.78, 5) is 8.72. The van der Waals surface area contributed by atoms with Crippen molar-refractivity contribution in [3.63, 3.8) is 0 Å². The van der Waals surface area contributed by atoms with Crippen LogP contribution in [-0.4, -0.2) is 19.7 Å². The summed E-state index contributed by atoms with van der Waals surface area (Å²) < 4.78 is 1.71. The molecule has 124 valence electrons. The number of alkyl halides is 1. The number of benzene rings is 2. The molecule has 25 heavy (non-hydrogen) atoms. The highest BCUT2D eigenvalue weighted by Crippen LogP contribution is 2.27. The first kappa shape index (κ1) is 15.6. The molecule has 0 aliphatic carbocycles. The van der Waals surface area contributed by atoms with Gasteiger partial charge in [0.2, 0.25) is 0 Å². The minimum atomic E-state index is -0.421. The van der Waals surface area contributed by atoms with E-state index in [2.05, 4.69) is 32.5 Å². The van der Waals surface area contributed by atoms with Gasteiger partial charge in [0, 0.05) is 6.54 Å². The quantitative estimate of drug-likeness (QED) is 0.548. The Morgan fingerprint density at radius 3 is 2.44 bits per heavy atom. The number of aromatic nitrogens is 4. The fraction of sp³-hybridized carbons (Fsp3) is 0.105. The number of hydrogen-bond acceptors (Lipinski definition) is 4. The third-order valence-corrected chi connectivity index (χ3v) is 4.42. The second kappa shape index (κ2) is 6.91. The summed E-state index contributed by atoms with van der Waals surface area (Å²) in [6.45, 7) is 0.682. The number of hydrogen-bond donors (Lipinski definition) is 1. The van der Waals surface area contributed by atoms with Crippen LogP contribution in [-0.2, 0) is 6.54 Å². The number of rotatable bonds is 5. The zero-order chi connectivity index (χ0) is 17.1. The fourth-order valence-electron chi connectivity index (χ4n) is 2.70. The van der Waals surface area contributed by atoms with Crippen LogP contribution in [0.25, 0.3) is 11.0 Å². The molecule has 2 aromatic carbocycles. The number of nitrogens with one attached hydrogen (secondary N) is 1. The van der Waals surface area contributed by atoms with Crippen molar-refractivity contribution in [2.75, 3.05) is 5.32 Å². The first-order valence-corrected chi connectivity index (χ1v) is 8.41. The predicted molar refractivity (Wildman–Crippen MR) is 99.5 cm³/mol. The van der Waals surface area contributed by atoms with Gasteiger partial charge in [-0.05, 0) is 11.1 Å². The van der Waals surface area contributed by atoms with E-state index in [9.17, 15) is 0 Å². The van der Waals surface area contributed by atoms with Crippen LogP contribution in [0.3, 0.4) is 0 Å². The lowest BCUT2D eigenvalue weighted by molar-refractivity contribution is 0.678. The lowest BCUT2D eigenvalue weighted by Gasteiger charge is -2.11. The molecule has 0 radical (unpaired) electrons. The van der Waals surface area contributed by atoms with Gasteiger partial charge in [0.1, 0.15) is 12.1 Å². The van der Waals surface area contributed by atoms with Crippen LogP contribution in [0.15, 0.2) is 73.2 Å². The van der Waals surface area contributed by atoms with E-state index in [0.29, 0.717) is 12.2 Å². The van der Waals surface area contributed by atoms with Gasteiger partial charge in [-0.25, -0.2) is 14.6 Å². The normalized spacial score (nSPS) is 12.2. The Kier molecular flexibility index (Phi) is 4.31. The number of halogens is 1. The highest BCUT2D eigenvalue weighted by atomic mass is 35.5. The van der Waals surface area contributed by atoms with Gasteiger partial charge in [-0.3, -0.25) is 0 Å². The number of fused-ring (bicyclic) bond motifs is 1. The van der Waals surface area contributed by atoms with E-state index in [4.69, 9.17) is 11.6 Å². The van der Waals surface area contributed by atoms with Gasteiger partial charge in [0.05, 0.1) is 11.6 Å². The van der Waals surface area contributed by atoms with Crippen LogP contribution in [0.4, 0.5) is 5.82 Å². The Morgan fingerprint density at radius 1 is 0.960 bits per heavy atom. The summed E-state index contributed by atoms with van der Waals surface area (Å²) >= 11 is 6.60. The number of anilines is 1. The third kappa shape index (κ3) is 3.19. The summed E-state index contributed by atoms with van der Waals surface area (Å²) in [6.07, 6.45) is 3.28. The highest BCUT2D eigenvalue weighted by Gasteiger charge is 2.16. The molecule has 0 bridgehead atoms. The number of nitrogens with zero attached hydrogens (tertiary/aromatic N) is 4. The SMILES string of the molecule is ClC(c1ccccc1)n1ncc2c(NCc3ccccc3)ncnc21. The summed E-state index contributed by atoms with van der Waals surface area (Å²) in [5.74, 6) is 0.747. The molecule has 6 heteroatoms. The highest BCUT2D eigenvalue weighted by molar-refractivity contribution is 6.21. The van der Waals surface area contributed by atoms with Crippen molar-refractivity contribution in [2.24, 2.45) is 0 Å². The van der Waals surface area contributed by atoms with Crippen molar-refractivity contribution in [3.05, 3.63) is 84.3 Å². The van der Waals surface area contributed by atoms with Crippen molar-refractivity contribution in [1.82, 2.24) is 19.7 Å². The van der Waals surface area contributed by atoms with E-state index in [1.807, 2.05) is 48.5 Å². The van der Waals surface area contributed by atoms with E-state index in [0.717, 1.165) is 16.8 Å². The monoisotopic (exact) mass is 349 g/mol. The van der Waals surface area contributed by atoms with Gasteiger partial charge >= 0.3 is 0 Å². The van der Waals surface area contributed by atoms with Crippen molar-refractivity contribution in [2.45, 2.75) is 12.0 Å². The molecule has 0 fully saturated rings. The van der Waals surface area contributed by atoms with Crippen LogP contribution < -0.4 is 5.32 Å². The standard InChI is InChI=1S/C19H16ClN5/c20-17(15-9-5-2-6-10-15)25-19-16(12-24-25)18(22-13-23-19)21-11-14-7-3-1-4-8-14/h1-10,12-13,17H,11H2,(H,21,22,23). The zero-order valence-corrected chi connectivity index (χ0v) is 14.1. The van der Waals surface area contributed by atoms with E-state index in [1.54, 1.807) is 10.9 Å². The smallest absolute Gasteiger partial charge is 0.165 e. The lowest BCUT2D eigenvalue weighted by atomic mass is 10.2. The van der Waals surface area contributed by atoms with E-state index in [1.165, 1.54) is 11.9 Å². The molecule has 0 aliphatic heterocycles. The van der Waals surface area contributed by atoms with Crippen molar-refractivity contribution in [1.29, 1.82) is 0 Å². The molecule has 5 nitrogen and oxygen atoms in total. The van der Waals surface area contributed by atoms with Gasteiger partial charge in [0.15, 0.2) is 11.1 Å². The fourth-order valence-corrected chi connectivity index (χ4v) is 2.99. The Morgan fingerprint density at radius 2 is 1.68 bits per heavy atom. The molecule has 0 saturated carbocycles. The van der Waals surface area contributed by atoms with Gasteiger partial charge in [-0.15, -0.1) is 0 Å². The minimum Gasteiger partial charge on any atom is -0.365 e. The molecular formula is C19H16ClN5. The Labute approximate surface area is 150 Å². The van der Waals surface area contributed by atoms with Crippen LogP contribution in [0, 0.1) is 0 Å². The maximum absolute atomic E-state index is 6.60. The van der Waals surface area contributed by atoms with Gasteiger partial charge < -0.3 is 5.32 Å². The summed E-state index contributed by atoms with van der Waals surface area (Å²) in [5.41, 5.74) is 2.43. The third-order valence-electron chi connectivity index (χ3n) is 3.98. The van der Waals surface area contributed by atoms with Crippen molar-refractivity contribution >= 4 is 28.5 Å². The molecule has 4 aromatic rings. The largest absolute Gasteiger partial charge is 0.365 e. The topological polar surface area (TPSA) is 55.6 Å². The molecule has 4 rings (SSSR count). The summed E-state index contributed by atoms with van der Waals surface area (Å²) in [7, 11) is 0. The maximum Gasteiger partial charge on any atom is 0.165 e. The molecule has 2 heterocycles. The second-order valence-corrected chi connectivity index (χ2v) is 6.05. The molecule has 2 aromatic heterocycles.